The molecule has 0 amide bonds. The molecule has 82 valence electrons. The fraction of sp³-hybridized carbons (Fsp3) is 0.636. The summed E-state index contributed by atoms with van der Waals surface area (Å²) < 4.78 is 0. The van der Waals surface area contributed by atoms with Crippen molar-refractivity contribution >= 4 is 11.8 Å². The fourth-order valence-corrected chi connectivity index (χ4v) is 3.01. The van der Waals surface area contributed by atoms with Gasteiger partial charge in [-0.1, -0.05) is 6.42 Å². The normalized spacial score (nSPS) is 21.5. The van der Waals surface area contributed by atoms with Gasteiger partial charge >= 0.3 is 0 Å². The number of hydrogen-bond acceptors (Lipinski definition) is 4. The lowest BCUT2D eigenvalue weighted by molar-refractivity contribution is 0.588. The van der Waals surface area contributed by atoms with Crippen molar-refractivity contribution in [2.75, 3.05) is 12.3 Å². The first-order chi connectivity index (χ1) is 7.45. The first-order valence-electron chi connectivity index (χ1n) is 5.53. The molecule has 0 aromatic carbocycles. The Labute approximate surface area is 95.1 Å². The van der Waals surface area contributed by atoms with E-state index in [9.17, 15) is 0 Å². The Hall–Kier alpha value is -0.610. The van der Waals surface area contributed by atoms with Gasteiger partial charge in [-0.3, -0.25) is 0 Å². The molecule has 1 N–H and O–H groups in total. The van der Waals surface area contributed by atoms with Gasteiger partial charge in [-0.15, -0.1) is 0 Å². The molecule has 1 atom stereocenters. The molecule has 0 saturated carbocycles. The zero-order valence-corrected chi connectivity index (χ0v) is 9.67. The summed E-state index contributed by atoms with van der Waals surface area (Å²) in [6.45, 7) is 1.88. The van der Waals surface area contributed by atoms with Crippen molar-refractivity contribution in [1.29, 1.82) is 0 Å². The van der Waals surface area contributed by atoms with Crippen LogP contribution in [0.2, 0.25) is 0 Å². The Morgan fingerprint density at radius 3 is 2.93 bits per heavy atom. The second kappa shape index (κ2) is 6.08. The molecule has 1 aliphatic rings. The minimum atomic E-state index is 0.790. The van der Waals surface area contributed by atoms with E-state index in [-0.39, 0.29) is 0 Å². The van der Waals surface area contributed by atoms with Gasteiger partial charge in [0.05, 0.1) is 6.54 Å². The molecule has 1 aromatic heterocycles. The predicted molar refractivity (Wildman–Crippen MR) is 63.8 cm³/mol. The van der Waals surface area contributed by atoms with Gasteiger partial charge < -0.3 is 5.32 Å². The molecule has 0 aliphatic carbocycles. The van der Waals surface area contributed by atoms with Crippen LogP contribution in [-0.2, 0) is 6.54 Å². The van der Waals surface area contributed by atoms with Crippen LogP contribution in [0.1, 0.15) is 25.1 Å². The molecule has 0 bridgehead atoms. The molecule has 3 nitrogen and oxygen atoms in total. The summed E-state index contributed by atoms with van der Waals surface area (Å²) in [5, 5.41) is 4.22. The Morgan fingerprint density at radius 2 is 2.20 bits per heavy atom. The molecular weight excluding hydrogens is 206 g/mol. The van der Waals surface area contributed by atoms with Crippen LogP contribution in [0.5, 0.6) is 0 Å². The third-order valence-corrected chi connectivity index (χ3v) is 3.95. The molecule has 0 radical (unpaired) electrons. The summed E-state index contributed by atoms with van der Waals surface area (Å²) in [5.74, 6) is 2.21. The van der Waals surface area contributed by atoms with E-state index in [2.05, 4.69) is 27.0 Å². The highest BCUT2D eigenvalue weighted by atomic mass is 32.2. The van der Waals surface area contributed by atoms with Gasteiger partial charge in [0.2, 0.25) is 0 Å². The van der Waals surface area contributed by atoms with Crippen LogP contribution in [0.3, 0.4) is 0 Å². The Bertz CT molecular complexity index is 272. The summed E-state index contributed by atoms with van der Waals surface area (Å²) >= 11 is 2.10. The summed E-state index contributed by atoms with van der Waals surface area (Å²) in [7, 11) is 0. The van der Waals surface area contributed by atoms with E-state index >= 15 is 0 Å². The molecule has 1 unspecified atom stereocenters. The zero-order chi connectivity index (χ0) is 10.3. The third kappa shape index (κ3) is 3.80. The van der Waals surface area contributed by atoms with Gasteiger partial charge in [0.1, 0.15) is 5.82 Å². The van der Waals surface area contributed by atoms with Gasteiger partial charge in [-0.05, 0) is 24.7 Å². The molecule has 1 saturated heterocycles. The zero-order valence-electron chi connectivity index (χ0n) is 8.85. The van der Waals surface area contributed by atoms with Crippen molar-refractivity contribution in [1.82, 2.24) is 15.3 Å². The van der Waals surface area contributed by atoms with Gasteiger partial charge in [0.15, 0.2) is 0 Å². The van der Waals surface area contributed by atoms with Crippen LogP contribution >= 0.6 is 11.8 Å². The average Bonchev–Trinajstić information content (AvgIpc) is 2.32. The molecule has 2 heterocycles. The van der Waals surface area contributed by atoms with Gasteiger partial charge in [-0.2, -0.15) is 11.8 Å². The second-order valence-electron chi connectivity index (χ2n) is 3.78. The average molecular weight is 223 g/mol. The Morgan fingerprint density at radius 1 is 1.33 bits per heavy atom. The topological polar surface area (TPSA) is 37.8 Å². The molecule has 1 fully saturated rings. The van der Waals surface area contributed by atoms with Crippen LogP contribution in [0.15, 0.2) is 18.5 Å². The lowest BCUT2D eigenvalue weighted by Gasteiger charge is -2.21. The van der Waals surface area contributed by atoms with E-state index in [1.165, 1.54) is 25.0 Å². The number of hydrogen-bond donors (Lipinski definition) is 1. The highest BCUT2D eigenvalue weighted by molar-refractivity contribution is 7.99. The van der Waals surface area contributed by atoms with E-state index in [1.54, 1.807) is 12.4 Å². The molecule has 1 aromatic rings. The quantitative estimate of drug-likeness (QED) is 0.845. The van der Waals surface area contributed by atoms with Crippen molar-refractivity contribution in [3.63, 3.8) is 0 Å². The number of rotatable bonds is 4. The van der Waals surface area contributed by atoms with Crippen molar-refractivity contribution in [2.24, 2.45) is 0 Å². The predicted octanol–water partition coefficient (Wildman–Crippen LogP) is 1.85. The molecular formula is C11H17N3S. The largest absolute Gasteiger partial charge is 0.309 e. The maximum absolute atomic E-state index is 4.18. The molecule has 15 heavy (non-hydrogen) atoms. The maximum atomic E-state index is 4.18. The van der Waals surface area contributed by atoms with E-state index in [1.807, 2.05) is 6.07 Å². The summed E-state index contributed by atoms with van der Waals surface area (Å²) in [5.41, 5.74) is 0. The Kier molecular flexibility index (Phi) is 4.41. The van der Waals surface area contributed by atoms with Crippen molar-refractivity contribution in [3.05, 3.63) is 24.3 Å². The second-order valence-corrected chi connectivity index (χ2v) is 5.19. The van der Waals surface area contributed by atoms with Crippen LogP contribution in [0, 0.1) is 0 Å². The highest BCUT2D eigenvalue weighted by Crippen LogP contribution is 2.24. The first kappa shape index (κ1) is 10.9. The standard InChI is InChI=1S/C11H17N3S/c1-2-7-15-10(4-1)8-12-9-11-13-5-3-6-14-11/h3,5-6,10,12H,1-2,4,7-9H2. The SMILES string of the molecule is c1cnc(CNCC2CCCCS2)nc1. The lowest BCUT2D eigenvalue weighted by Crippen LogP contribution is -2.27. The molecule has 0 spiro atoms. The van der Waals surface area contributed by atoms with Crippen LogP contribution in [0.4, 0.5) is 0 Å². The monoisotopic (exact) mass is 223 g/mol. The maximum Gasteiger partial charge on any atom is 0.141 e. The van der Waals surface area contributed by atoms with E-state index < -0.39 is 0 Å². The van der Waals surface area contributed by atoms with Crippen molar-refractivity contribution in [2.45, 2.75) is 31.1 Å². The summed E-state index contributed by atoms with van der Waals surface area (Å²) in [6.07, 6.45) is 7.72. The van der Waals surface area contributed by atoms with Crippen LogP contribution in [-0.4, -0.2) is 27.5 Å². The summed E-state index contributed by atoms with van der Waals surface area (Å²) in [4.78, 5) is 8.36. The first-order valence-corrected chi connectivity index (χ1v) is 6.58. The van der Waals surface area contributed by atoms with E-state index in [0.29, 0.717) is 0 Å². The number of nitrogens with zero attached hydrogens (tertiary/aromatic N) is 2. The van der Waals surface area contributed by atoms with Crippen LogP contribution < -0.4 is 5.32 Å². The number of aromatic nitrogens is 2. The number of nitrogens with one attached hydrogen (secondary N) is 1. The minimum absolute atomic E-state index is 0.790. The van der Waals surface area contributed by atoms with Crippen molar-refractivity contribution in [3.8, 4) is 0 Å². The molecule has 4 heteroatoms. The minimum Gasteiger partial charge on any atom is -0.309 e. The van der Waals surface area contributed by atoms with Gasteiger partial charge in [0, 0.05) is 24.2 Å². The highest BCUT2D eigenvalue weighted by Gasteiger charge is 2.12. The van der Waals surface area contributed by atoms with E-state index in [0.717, 1.165) is 24.2 Å². The third-order valence-electron chi connectivity index (χ3n) is 2.55. The fourth-order valence-electron chi connectivity index (χ4n) is 1.73. The summed E-state index contributed by atoms with van der Waals surface area (Å²) in [6, 6.07) is 1.85. The van der Waals surface area contributed by atoms with Gasteiger partial charge in [0.25, 0.3) is 0 Å². The number of thioether (sulfide) groups is 1. The smallest absolute Gasteiger partial charge is 0.141 e. The van der Waals surface area contributed by atoms with Crippen LogP contribution in [0.25, 0.3) is 0 Å². The molecule has 2 rings (SSSR count). The van der Waals surface area contributed by atoms with E-state index in [4.69, 9.17) is 0 Å². The van der Waals surface area contributed by atoms with Gasteiger partial charge in [-0.25, -0.2) is 9.97 Å². The Balaban J connectivity index is 1.66. The molecule has 1 aliphatic heterocycles. The lowest BCUT2D eigenvalue weighted by atomic mass is 10.2. The van der Waals surface area contributed by atoms with Crippen molar-refractivity contribution < 1.29 is 0 Å².